The molecule has 5 aromatic rings. The van der Waals surface area contributed by atoms with Crippen molar-refractivity contribution in [1.82, 2.24) is 24.8 Å². The number of hydroxylamine groups is 2. The number of benzene rings is 2. The van der Waals surface area contributed by atoms with Gasteiger partial charge in [0.05, 0.1) is 34.9 Å². The first kappa shape index (κ1) is 22.9. The van der Waals surface area contributed by atoms with Crippen LogP contribution in [0.5, 0.6) is 0 Å². The highest BCUT2D eigenvalue weighted by Gasteiger charge is 2.20. The number of fused-ring (bicyclic) bond motifs is 3. The van der Waals surface area contributed by atoms with Crippen LogP contribution in [0.2, 0.25) is 0 Å². The van der Waals surface area contributed by atoms with Gasteiger partial charge in [-0.1, -0.05) is 12.1 Å². The summed E-state index contributed by atoms with van der Waals surface area (Å²) in [6.07, 6.45) is 3.31. The minimum Gasteiger partial charge on any atom is -0.383 e. The van der Waals surface area contributed by atoms with E-state index >= 15 is 0 Å². The van der Waals surface area contributed by atoms with Gasteiger partial charge in [-0.3, -0.25) is 19.3 Å². The van der Waals surface area contributed by atoms with Crippen LogP contribution < -0.4 is 5.73 Å². The number of hydrogen-bond acceptors (Lipinski definition) is 6. The van der Waals surface area contributed by atoms with Gasteiger partial charge in [0.25, 0.3) is 5.91 Å². The van der Waals surface area contributed by atoms with Gasteiger partial charge < -0.3 is 5.73 Å². The fraction of sp³-hybridized carbons (Fsp3) is 0.120. The van der Waals surface area contributed by atoms with Crippen LogP contribution in [0.4, 0.5) is 10.2 Å². The van der Waals surface area contributed by atoms with Crippen molar-refractivity contribution < 1.29 is 14.0 Å². The maximum absolute atomic E-state index is 13.6. The van der Waals surface area contributed by atoms with Crippen molar-refractivity contribution in [3.63, 3.8) is 0 Å². The van der Waals surface area contributed by atoms with Crippen LogP contribution in [0.15, 0.2) is 71.5 Å². The SMILES string of the molecule is Cn1ncc2c(N)nc3ccc(C(=O)N(Cc4ccc(Br)cn4)OCc4ccc(F)cc4)cc3c21. The summed E-state index contributed by atoms with van der Waals surface area (Å²) in [6, 6.07) is 14.8. The molecule has 0 atom stereocenters. The first-order valence-corrected chi connectivity index (χ1v) is 11.5. The predicted octanol–water partition coefficient (Wildman–Crippen LogP) is 4.77. The Morgan fingerprint density at radius 2 is 1.91 bits per heavy atom. The minimum atomic E-state index is -0.356. The Balaban J connectivity index is 1.50. The Morgan fingerprint density at radius 3 is 2.66 bits per heavy atom. The molecule has 10 heteroatoms. The molecule has 2 N–H and O–H groups in total. The van der Waals surface area contributed by atoms with Crippen molar-refractivity contribution in [3.05, 3.63) is 94.1 Å². The van der Waals surface area contributed by atoms with Crippen LogP contribution in [0.25, 0.3) is 21.8 Å². The topological polar surface area (TPSA) is 99.2 Å². The molecular weight excluding hydrogens is 515 g/mol. The normalized spacial score (nSPS) is 11.3. The van der Waals surface area contributed by atoms with Crippen LogP contribution in [0.3, 0.4) is 0 Å². The van der Waals surface area contributed by atoms with Gasteiger partial charge in [0.2, 0.25) is 0 Å². The highest BCUT2D eigenvalue weighted by Crippen LogP contribution is 2.28. The van der Waals surface area contributed by atoms with Crippen LogP contribution >= 0.6 is 15.9 Å². The van der Waals surface area contributed by atoms with E-state index in [9.17, 15) is 9.18 Å². The van der Waals surface area contributed by atoms with E-state index in [2.05, 4.69) is 31.0 Å². The molecule has 8 nitrogen and oxygen atoms in total. The highest BCUT2D eigenvalue weighted by atomic mass is 79.9. The van der Waals surface area contributed by atoms with Crippen LogP contribution in [0.1, 0.15) is 21.6 Å². The van der Waals surface area contributed by atoms with Crippen LogP contribution in [-0.2, 0) is 25.0 Å². The number of amides is 1. The number of nitrogen functional groups attached to an aromatic ring is 1. The second-order valence-corrected chi connectivity index (χ2v) is 8.88. The molecule has 0 bridgehead atoms. The Morgan fingerprint density at radius 1 is 1.11 bits per heavy atom. The fourth-order valence-electron chi connectivity index (χ4n) is 3.79. The summed E-state index contributed by atoms with van der Waals surface area (Å²) in [4.78, 5) is 28.3. The molecule has 0 fully saturated rings. The maximum atomic E-state index is 13.6. The summed E-state index contributed by atoms with van der Waals surface area (Å²) in [6.45, 7) is 0.201. The van der Waals surface area contributed by atoms with Gasteiger partial charge in [-0.25, -0.2) is 14.4 Å². The molecule has 0 saturated heterocycles. The van der Waals surface area contributed by atoms with Gasteiger partial charge in [0.1, 0.15) is 18.2 Å². The number of rotatable bonds is 6. The smallest absolute Gasteiger partial charge is 0.277 e. The van der Waals surface area contributed by atoms with Gasteiger partial charge >= 0.3 is 0 Å². The summed E-state index contributed by atoms with van der Waals surface area (Å²) in [5, 5.41) is 7.01. The summed E-state index contributed by atoms with van der Waals surface area (Å²) < 4.78 is 15.8. The van der Waals surface area contributed by atoms with E-state index in [1.165, 1.54) is 17.2 Å². The van der Waals surface area contributed by atoms with Crippen molar-refractivity contribution in [1.29, 1.82) is 0 Å². The minimum absolute atomic E-state index is 0.0835. The molecule has 0 aliphatic heterocycles. The molecule has 0 aliphatic carbocycles. The third-order valence-electron chi connectivity index (χ3n) is 5.58. The lowest BCUT2D eigenvalue weighted by atomic mass is 10.1. The standard InChI is InChI=1S/C25H20BrFN6O2/c1-32-23-20-10-16(4-9-22(20)31-24(28)21(23)12-30-32)25(34)33(13-19-8-5-17(26)11-29-19)35-14-15-2-6-18(27)7-3-15/h2-12H,13-14H2,1H3,(H2,28,31). The quantitative estimate of drug-likeness (QED) is 0.315. The third-order valence-corrected chi connectivity index (χ3v) is 6.04. The summed E-state index contributed by atoms with van der Waals surface area (Å²) >= 11 is 3.37. The van der Waals surface area contributed by atoms with E-state index in [0.717, 1.165) is 20.9 Å². The van der Waals surface area contributed by atoms with Crippen LogP contribution in [-0.4, -0.2) is 30.7 Å². The molecule has 0 saturated carbocycles. The number of halogens is 2. The molecule has 5 rings (SSSR count). The first-order chi connectivity index (χ1) is 16.9. The zero-order valence-corrected chi connectivity index (χ0v) is 20.2. The number of carbonyl (C=O) groups is 1. The van der Waals surface area contributed by atoms with Gasteiger partial charge in [0.15, 0.2) is 0 Å². The number of hydrogen-bond donors (Lipinski definition) is 1. The molecule has 2 aromatic carbocycles. The number of aryl methyl sites for hydroxylation is 1. The van der Waals surface area contributed by atoms with Gasteiger partial charge in [-0.15, -0.1) is 0 Å². The van der Waals surface area contributed by atoms with Crippen LogP contribution in [0, 0.1) is 5.82 Å². The fourth-order valence-corrected chi connectivity index (χ4v) is 4.03. The van der Waals surface area contributed by atoms with Gasteiger partial charge in [0, 0.05) is 28.7 Å². The monoisotopic (exact) mass is 534 g/mol. The Bertz CT molecular complexity index is 1540. The summed E-state index contributed by atoms with van der Waals surface area (Å²) in [5.74, 6) is -0.316. The summed E-state index contributed by atoms with van der Waals surface area (Å²) in [7, 11) is 1.81. The van der Waals surface area contributed by atoms with E-state index in [-0.39, 0.29) is 24.9 Å². The zero-order chi connectivity index (χ0) is 24.5. The number of nitrogens with two attached hydrogens (primary N) is 1. The number of nitrogens with zero attached hydrogens (tertiary/aromatic N) is 5. The Labute approximate surface area is 208 Å². The van der Waals surface area contributed by atoms with Crippen molar-refractivity contribution in [3.8, 4) is 0 Å². The number of pyridine rings is 2. The van der Waals surface area contributed by atoms with E-state index < -0.39 is 0 Å². The molecule has 176 valence electrons. The third kappa shape index (κ3) is 4.71. The molecule has 3 aromatic heterocycles. The average molecular weight is 535 g/mol. The van der Waals surface area contributed by atoms with Crippen molar-refractivity contribution >= 4 is 49.5 Å². The molecule has 35 heavy (non-hydrogen) atoms. The maximum Gasteiger partial charge on any atom is 0.277 e. The predicted molar refractivity (Wildman–Crippen MR) is 133 cm³/mol. The lowest BCUT2D eigenvalue weighted by Gasteiger charge is -2.22. The average Bonchev–Trinajstić information content (AvgIpc) is 3.26. The number of anilines is 1. The Hall–Kier alpha value is -3.89. The van der Waals surface area contributed by atoms with E-state index in [4.69, 9.17) is 10.6 Å². The Kier molecular flexibility index (Phi) is 6.14. The summed E-state index contributed by atoms with van der Waals surface area (Å²) in [5.41, 5.74) is 9.31. The zero-order valence-electron chi connectivity index (χ0n) is 18.7. The van der Waals surface area contributed by atoms with Crippen molar-refractivity contribution in [2.75, 3.05) is 5.73 Å². The van der Waals surface area contributed by atoms with E-state index in [1.54, 1.807) is 53.5 Å². The van der Waals surface area contributed by atoms with E-state index in [0.29, 0.717) is 28.0 Å². The molecule has 0 unspecified atom stereocenters. The highest BCUT2D eigenvalue weighted by molar-refractivity contribution is 9.10. The molecule has 1 amide bonds. The number of aromatic nitrogens is 4. The molecule has 3 heterocycles. The lowest BCUT2D eigenvalue weighted by Crippen LogP contribution is -2.31. The molecule has 0 aliphatic rings. The second kappa shape index (κ2) is 9.40. The van der Waals surface area contributed by atoms with Crippen molar-refractivity contribution in [2.24, 2.45) is 7.05 Å². The van der Waals surface area contributed by atoms with Gasteiger partial charge in [-0.05, 0) is 64.0 Å². The van der Waals surface area contributed by atoms with E-state index in [1.807, 2.05) is 13.1 Å². The van der Waals surface area contributed by atoms with Crippen molar-refractivity contribution in [2.45, 2.75) is 13.2 Å². The lowest BCUT2D eigenvalue weighted by molar-refractivity contribution is -0.140. The number of carbonyl (C=O) groups excluding carboxylic acids is 1. The molecule has 0 spiro atoms. The first-order valence-electron chi connectivity index (χ1n) is 10.7. The molecule has 0 radical (unpaired) electrons. The largest absolute Gasteiger partial charge is 0.383 e. The molecular formula is C25H20BrFN6O2. The van der Waals surface area contributed by atoms with Gasteiger partial charge in [-0.2, -0.15) is 5.10 Å². The second-order valence-electron chi connectivity index (χ2n) is 7.97.